The smallest absolute Gasteiger partial charge is 0.174 e. The van der Waals surface area contributed by atoms with Crippen LogP contribution < -0.4 is 9.47 Å². The molecule has 0 fully saturated rings. The predicted molar refractivity (Wildman–Crippen MR) is 55.9 cm³/mol. The first-order valence-corrected chi connectivity index (χ1v) is 5.02. The quantitative estimate of drug-likeness (QED) is 0.714. The molecule has 0 N–H and O–H groups in total. The maximum absolute atomic E-state index is 8.47. The lowest BCUT2D eigenvalue weighted by Gasteiger charge is -2.10. The summed E-state index contributed by atoms with van der Waals surface area (Å²) in [7, 11) is 3.19. The standard InChI is InChI=1S/C10H11NO2S/c1-12-8-4-3-5-9(10(8)13-2)14-7-6-11/h3-5H,7H2,1-2H3. The van der Waals surface area contributed by atoms with Crippen LogP contribution in [0.5, 0.6) is 11.5 Å². The molecule has 0 spiro atoms. The van der Waals surface area contributed by atoms with Gasteiger partial charge < -0.3 is 9.47 Å². The highest BCUT2D eigenvalue weighted by molar-refractivity contribution is 7.99. The minimum atomic E-state index is 0.406. The number of nitrogens with zero attached hydrogens (tertiary/aromatic N) is 1. The van der Waals surface area contributed by atoms with Crippen molar-refractivity contribution in [3.63, 3.8) is 0 Å². The van der Waals surface area contributed by atoms with E-state index in [0.29, 0.717) is 17.3 Å². The molecule has 0 saturated heterocycles. The Labute approximate surface area is 87.6 Å². The van der Waals surface area contributed by atoms with E-state index in [0.717, 1.165) is 4.90 Å². The van der Waals surface area contributed by atoms with Crippen molar-refractivity contribution in [1.29, 1.82) is 5.26 Å². The van der Waals surface area contributed by atoms with E-state index in [1.807, 2.05) is 18.2 Å². The number of thioether (sulfide) groups is 1. The zero-order valence-electron chi connectivity index (χ0n) is 8.11. The van der Waals surface area contributed by atoms with E-state index in [1.54, 1.807) is 14.2 Å². The van der Waals surface area contributed by atoms with Gasteiger partial charge in [0.2, 0.25) is 0 Å². The van der Waals surface area contributed by atoms with Gasteiger partial charge in [0.15, 0.2) is 11.5 Å². The molecule has 0 aliphatic rings. The van der Waals surface area contributed by atoms with Gasteiger partial charge in [0, 0.05) is 0 Å². The Hall–Kier alpha value is -1.34. The fraction of sp³-hybridized carbons (Fsp3) is 0.300. The summed E-state index contributed by atoms with van der Waals surface area (Å²) in [4.78, 5) is 0.924. The Morgan fingerprint density at radius 1 is 1.36 bits per heavy atom. The first-order valence-electron chi connectivity index (χ1n) is 4.04. The van der Waals surface area contributed by atoms with Gasteiger partial charge >= 0.3 is 0 Å². The third-order valence-corrected chi connectivity index (χ3v) is 2.56. The van der Waals surface area contributed by atoms with Crippen LogP contribution in [-0.4, -0.2) is 20.0 Å². The van der Waals surface area contributed by atoms with E-state index in [4.69, 9.17) is 14.7 Å². The molecule has 4 heteroatoms. The first-order chi connectivity index (χ1) is 6.83. The van der Waals surface area contributed by atoms with Crippen LogP contribution >= 0.6 is 11.8 Å². The zero-order valence-corrected chi connectivity index (χ0v) is 8.93. The number of rotatable bonds is 4. The summed E-state index contributed by atoms with van der Waals surface area (Å²) in [5.74, 6) is 1.79. The van der Waals surface area contributed by atoms with E-state index < -0.39 is 0 Å². The van der Waals surface area contributed by atoms with Gasteiger partial charge in [-0.05, 0) is 12.1 Å². The molecule has 0 unspecified atom stereocenters. The fourth-order valence-electron chi connectivity index (χ4n) is 1.08. The summed E-state index contributed by atoms with van der Waals surface area (Å²) in [6.45, 7) is 0. The average Bonchev–Trinajstić information content (AvgIpc) is 2.25. The predicted octanol–water partition coefficient (Wildman–Crippen LogP) is 2.32. The van der Waals surface area contributed by atoms with Gasteiger partial charge in [-0.25, -0.2) is 0 Å². The average molecular weight is 209 g/mol. The van der Waals surface area contributed by atoms with Crippen LogP contribution in [0.1, 0.15) is 0 Å². The van der Waals surface area contributed by atoms with Crippen LogP contribution in [0.2, 0.25) is 0 Å². The number of hydrogen-bond acceptors (Lipinski definition) is 4. The summed E-state index contributed by atoms with van der Waals surface area (Å²) in [5, 5.41) is 8.47. The zero-order chi connectivity index (χ0) is 10.4. The Morgan fingerprint density at radius 2 is 2.14 bits per heavy atom. The maximum atomic E-state index is 8.47. The molecule has 0 amide bonds. The van der Waals surface area contributed by atoms with Crippen molar-refractivity contribution in [2.45, 2.75) is 4.90 Å². The molecule has 0 aromatic heterocycles. The van der Waals surface area contributed by atoms with Crippen LogP contribution in [0.15, 0.2) is 23.1 Å². The van der Waals surface area contributed by atoms with E-state index in [-0.39, 0.29) is 0 Å². The fourth-order valence-corrected chi connectivity index (χ4v) is 1.79. The lowest BCUT2D eigenvalue weighted by molar-refractivity contribution is 0.348. The minimum Gasteiger partial charge on any atom is -0.493 e. The van der Waals surface area contributed by atoms with Crippen LogP contribution in [0.4, 0.5) is 0 Å². The van der Waals surface area contributed by atoms with Crippen molar-refractivity contribution in [2.75, 3.05) is 20.0 Å². The monoisotopic (exact) mass is 209 g/mol. The van der Waals surface area contributed by atoms with E-state index in [9.17, 15) is 0 Å². The lowest BCUT2D eigenvalue weighted by atomic mass is 10.3. The normalized spacial score (nSPS) is 9.21. The van der Waals surface area contributed by atoms with Gasteiger partial charge in [0.1, 0.15) is 0 Å². The van der Waals surface area contributed by atoms with Crippen molar-refractivity contribution in [2.24, 2.45) is 0 Å². The third-order valence-electron chi connectivity index (χ3n) is 1.66. The molecule has 3 nitrogen and oxygen atoms in total. The van der Waals surface area contributed by atoms with E-state index in [2.05, 4.69) is 6.07 Å². The number of nitriles is 1. The van der Waals surface area contributed by atoms with Crippen molar-refractivity contribution in [1.82, 2.24) is 0 Å². The molecule has 74 valence electrons. The topological polar surface area (TPSA) is 42.2 Å². The summed E-state index contributed by atoms with van der Waals surface area (Å²) in [6.07, 6.45) is 0. The van der Waals surface area contributed by atoms with Crippen LogP contribution in [0, 0.1) is 11.3 Å². The molecular weight excluding hydrogens is 198 g/mol. The second kappa shape index (κ2) is 5.40. The van der Waals surface area contributed by atoms with Gasteiger partial charge in [0.25, 0.3) is 0 Å². The number of ether oxygens (including phenoxy) is 2. The van der Waals surface area contributed by atoms with Crippen LogP contribution in [0.25, 0.3) is 0 Å². The summed E-state index contributed by atoms with van der Waals surface area (Å²) in [6, 6.07) is 7.68. The molecule has 1 rings (SSSR count). The first kappa shape index (κ1) is 10.7. The number of para-hydroxylation sites is 1. The summed E-state index contributed by atoms with van der Waals surface area (Å²) in [5.41, 5.74) is 0. The Morgan fingerprint density at radius 3 is 2.71 bits per heavy atom. The largest absolute Gasteiger partial charge is 0.493 e. The molecule has 0 heterocycles. The number of methoxy groups -OCH3 is 2. The maximum Gasteiger partial charge on any atom is 0.174 e. The SMILES string of the molecule is COc1cccc(SCC#N)c1OC. The van der Waals surface area contributed by atoms with E-state index >= 15 is 0 Å². The third kappa shape index (κ3) is 2.33. The molecule has 0 bridgehead atoms. The van der Waals surface area contributed by atoms with Crippen molar-refractivity contribution in [3.8, 4) is 17.6 Å². The highest BCUT2D eigenvalue weighted by atomic mass is 32.2. The minimum absolute atomic E-state index is 0.406. The molecule has 0 atom stereocenters. The Bertz CT molecular complexity index is 346. The molecule has 14 heavy (non-hydrogen) atoms. The summed E-state index contributed by atoms with van der Waals surface area (Å²) >= 11 is 1.44. The molecule has 0 radical (unpaired) electrons. The molecule has 1 aromatic carbocycles. The molecule has 0 saturated carbocycles. The van der Waals surface area contributed by atoms with Crippen LogP contribution in [-0.2, 0) is 0 Å². The Balaban J connectivity index is 2.97. The Kier molecular flexibility index (Phi) is 4.14. The number of hydrogen-bond donors (Lipinski definition) is 0. The molecule has 1 aromatic rings. The number of benzene rings is 1. The van der Waals surface area contributed by atoms with Crippen molar-refractivity contribution < 1.29 is 9.47 Å². The van der Waals surface area contributed by atoms with Gasteiger partial charge in [-0.15, -0.1) is 11.8 Å². The summed E-state index contributed by atoms with van der Waals surface area (Å²) < 4.78 is 10.3. The van der Waals surface area contributed by atoms with Crippen molar-refractivity contribution in [3.05, 3.63) is 18.2 Å². The van der Waals surface area contributed by atoms with Crippen molar-refractivity contribution >= 4 is 11.8 Å². The second-order valence-corrected chi connectivity index (χ2v) is 3.46. The second-order valence-electron chi connectivity index (χ2n) is 2.44. The highest BCUT2D eigenvalue weighted by Crippen LogP contribution is 2.36. The van der Waals surface area contributed by atoms with Gasteiger partial charge in [-0.2, -0.15) is 5.26 Å². The van der Waals surface area contributed by atoms with Gasteiger partial charge in [0.05, 0.1) is 30.9 Å². The molecule has 0 aliphatic carbocycles. The molecular formula is C10H11NO2S. The van der Waals surface area contributed by atoms with Gasteiger partial charge in [-0.3, -0.25) is 0 Å². The van der Waals surface area contributed by atoms with Gasteiger partial charge in [-0.1, -0.05) is 6.07 Å². The van der Waals surface area contributed by atoms with Crippen LogP contribution in [0.3, 0.4) is 0 Å². The van der Waals surface area contributed by atoms with E-state index in [1.165, 1.54) is 11.8 Å². The lowest BCUT2D eigenvalue weighted by Crippen LogP contribution is -1.92. The molecule has 0 aliphatic heterocycles. The highest BCUT2D eigenvalue weighted by Gasteiger charge is 2.08.